The number of nitrogens with zero attached hydrogens (tertiary/aromatic N) is 3. The van der Waals surface area contributed by atoms with Crippen LogP contribution in [0.5, 0.6) is 0 Å². The van der Waals surface area contributed by atoms with Crippen LogP contribution in [0.2, 0.25) is 0 Å². The van der Waals surface area contributed by atoms with Crippen LogP contribution < -0.4 is 4.90 Å². The molecule has 0 spiro atoms. The zero-order chi connectivity index (χ0) is 17.4. The van der Waals surface area contributed by atoms with Crippen molar-refractivity contribution < 1.29 is 9.21 Å². The summed E-state index contributed by atoms with van der Waals surface area (Å²) in [6, 6.07) is 11.5. The van der Waals surface area contributed by atoms with E-state index in [-0.39, 0.29) is 5.91 Å². The number of aromatic nitrogens is 2. The average Bonchev–Trinajstić information content (AvgIpc) is 3.34. The fourth-order valence-electron chi connectivity index (χ4n) is 2.57. The van der Waals surface area contributed by atoms with Gasteiger partial charge in [0.2, 0.25) is 0 Å². The first-order valence-corrected chi connectivity index (χ1v) is 9.49. The Hall–Kier alpha value is -2.51. The molecule has 3 aromatic heterocycles. The van der Waals surface area contributed by atoms with Gasteiger partial charge >= 0.3 is 0 Å². The number of para-hydroxylation sites is 1. The lowest BCUT2D eigenvalue weighted by Crippen LogP contribution is -2.31. The van der Waals surface area contributed by atoms with Gasteiger partial charge in [0.25, 0.3) is 5.91 Å². The molecule has 0 fully saturated rings. The molecule has 0 radical (unpaired) electrons. The number of fused-ring (bicyclic) bond motifs is 1. The molecule has 126 valence electrons. The highest BCUT2D eigenvalue weighted by Crippen LogP contribution is 2.32. The van der Waals surface area contributed by atoms with Crippen LogP contribution >= 0.6 is 22.7 Å². The molecule has 0 unspecified atom stereocenters. The van der Waals surface area contributed by atoms with Gasteiger partial charge in [0.15, 0.2) is 15.9 Å². The SMILES string of the molecule is CCN(C(=O)c1nc(-c2ccco2)sc1C)c1nc2ccccc2s1. The number of carbonyl (C=O) groups excluding carboxylic acids is 1. The lowest BCUT2D eigenvalue weighted by molar-refractivity contribution is 0.0983. The third-order valence-corrected chi connectivity index (χ3v) is 5.85. The maximum Gasteiger partial charge on any atom is 0.279 e. The van der Waals surface area contributed by atoms with Crippen molar-refractivity contribution >= 4 is 43.9 Å². The van der Waals surface area contributed by atoms with Crippen molar-refractivity contribution in [3.8, 4) is 10.8 Å². The highest BCUT2D eigenvalue weighted by molar-refractivity contribution is 7.22. The van der Waals surface area contributed by atoms with E-state index in [1.807, 2.05) is 50.2 Å². The first-order chi connectivity index (χ1) is 12.2. The van der Waals surface area contributed by atoms with Gasteiger partial charge < -0.3 is 4.42 Å². The minimum Gasteiger partial charge on any atom is -0.462 e. The Morgan fingerprint density at radius 3 is 2.72 bits per heavy atom. The molecule has 0 saturated heterocycles. The molecular formula is C18H15N3O2S2. The van der Waals surface area contributed by atoms with E-state index in [2.05, 4.69) is 9.97 Å². The Morgan fingerprint density at radius 2 is 2.00 bits per heavy atom. The molecule has 25 heavy (non-hydrogen) atoms. The smallest absolute Gasteiger partial charge is 0.279 e. The van der Waals surface area contributed by atoms with Crippen molar-refractivity contribution in [3.05, 3.63) is 53.2 Å². The van der Waals surface area contributed by atoms with Gasteiger partial charge in [0, 0.05) is 11.4 Å². The van der Waals surface area contributed by atoms with E-state index < -0.39 is 0 Å². The molecule has 0 atom stereocenters. The molecule has 0 aliphatic heterocycles. The van der Waals surface area contributed by atoms with Crippen LogP contribution in [0.15, 0.2) is 47.1 Å². The molecule has 0 bridgehead atoms. The van der Waals surface area contributed by atoms with Crippen LogP contribution in [-0.2, 0) is 0 Å². The van der Waals surface area contributed by atoms with Crippen molar-refractivity contribution in [2.24, 2.45) is 0 Å². The fourth-order valence-corrected chi connectivity index (χ4v) is 4.47. The predicted molar refractivity (Wildman–Crippen MR) is 102 cm³/mol. The Bertz CT molecular complexity index is 1000. The van der Waals surface area contributed by atoms with Gasteiger partial charge in [-0.15, -0.1) is 11.3 Å². The molecular weight excluding hydrogens is 354 g/mol. The van der Waals surface area contributed by atoms with E-state index in [1.165, 1.54) is 22.7 Å². The Labute approximate surface area is 152 Å². The molecule has 4 rings (SSSR count). The second-order valence-electron chi connectivity index (χ2n) is 5.41. The van der Waals surface area contributed by atoms with Crippen molar-refractivity contribution in [1.29, 1.82) is 0 Å². The van der Waals surface area contributed by atoms with E-state index in [0.29, 0.717) is 28.1 Å². The van der Waals surface area contributed by atoms with Gasteiger partial charge in [-0.2, -0.15) is 0 Å². The molecule has 0 aliphatic carbocycles. The number of thiazole rings is 2. The summed E-state index contributed by atoms with van der Waals surface area (Å²) in [6.07, 6.45) is 1.60. The van der Waals surface area contributed by atoms with E-state index in [9.17, 15) is 4.79 Å². The summed E-state index contributed by atoms with van der Waals surface area (Å²) in [5.74, 6) is 0.545. The zero-order valence-corrected chi connectivity index (χ0v) is 15.4. The van der Waals surface area contributed by atoms with Crippen molar-refractivity contribution in [2.45, 2.75) is 13.8 Å². The van der Waals surface area contributed by atoms with Crippen LogP contribution in [0.1, 0.15) is 22.3 Å². The van der Waals surface area contributed by atoms with Gasteiger partial charge in [-0.1, -0.05) is 23.5 Å². The summed E-state index contributed by atoms with van der Waals surface area (Å²) < 4.78 is 6.46. The molecule has 0 saturated carbocycles. The number of aryl methyl sites for hydroxylation is 1. The highest BCUT2D eigenvalue weighted by atomic mass is 32.1. The van der Waals surface area contributed by atoms with Crippen LogP contribution in [-0.4, -0.2) is 22.4 Å². The third kappa shape index (κ3) is 2.85. The molecule has 0 aliphatic rings. The molecule has 3 heterocycles. The lowest BCUT2D eigenvalue weighted by Gasteiger charge is -2.16. The minimum atomic E-state index is -0.131. The molecule has 1 amide bonds. The van der Waals surface area contributed by atoms with Crippen LogP contribution in [0.25, 0.3) is 21.0 Å². The number of furan rings is 1. The zero-order valence-electron chi connectivity index (χ0n) is 13.7. The maximum atomic E-state index is 13.1. The Balaban J connectivity index is 1.71. The van der Waals surface area contributed by atoms with E-state index in [0.717, 1.165) is 15.1 Å². The van der Waals surface area contributed by atoms with Crippen molar-refractivity contribution in [3.63, 3.8) is 0 Å². The van der Waals surface area contributed by atoms with Crippen LogP contribution in [0, 0.1) is 6.92 Å². The third-order valence-electron chi connectivity index (χ3n) is 3.81. The highest BCUT2D eigenvalue weighted by Gasteiger charge is 2.25. The molecule has 5 nitrogen and oxygen atoms in total. The van der Waals surface area contributed by atoms with Gasteiger partial charge in [-0.3, -0.25) is 9.69 Å². The Kier molecular flexibility index (Phi) is 4.10. The largest absolute Gasteiger partial charge is 0.462 e. The van der Waals surface area contributed by atoms with E-state index in [1.54, 1.807) is 11.2 Å². The summed E-state index contributed by atoms with van der Waals surface area (Å²) in [7, 11) is 0. The summed E-state index contributed by atoms with van der Waals surface area (Å²) >= 11 is 2.97. The molecule has 7 heteroatoms. The van der Waals surface area contributed by atoms with Crippen molar-refractivity contribution in [1.82, 2.24) is 9.97 Å². The quantitative estimate of drug-likeness (QED) is 0.508. The van der Waals surface area contributed by atoms with E-state index >= 15 is 0 Å². The monoisotopic (exact) mass is 369 g/mol. The van der Waals surface area contributed by atoms with Crippen LogP contribution in [0.3, 0.4) is 0 Å². The number of hydrogen-bond donors (Lipinski definition) is 0. The van der Waals surface area contributed by atoms with Gasteiger partial charge in [-0.25, -0.2) is 9.97 Å². The Morgan fingerprint density at radius 1 is 1.16 bits per heavy atom. The first kappa shape index (κ1) is 16.0. The predicted octanol–water partition coefficient (Wildman–Crippen LogP) is 4.99. The average molecular weight is 369 g/mol. The normalized spacial score (nSPS) is 11.1. The topological polar surface area (TPSA) is 59.2 Å². The van der Waals surface area contributed by atoms with Gasteiger partial charge in [-0.05, 0) is 38.1 Å². The lowest BCUT2D eigenvalue weighted by atomic mass is 10.3. The van der Waals surface area contributed by atoms with Gasteiger partial charge in [0.05, 0.1) is 16.5 Å². The molecule has 4 aromatic rings. The first-order valence-electron chi connectivity index (χ1n) is 7.86. The summed E-state index contributed by atoms with van der Waals surface area (Å²) in [5, 5.41) is 1.41. The molecule has 0 N–H and O–H groups in total. The summed E-state index contributed by atoms with van der Waals surface area (Å²) in [6.45, 7) is 4.38. The van der Waals surface area contributed by atoms with E-state index in [4.69, 9.17) is 4.42 Å². The summed E-state index contributed by atoms with van der Waals surface area (Å²) in [5.41, 5.74) is 1.36. The number of benzene rings is 1. The number of amides is 1. The van der Waals surface area contributed by atoms with Crippen molar-refractivity contribution in [2.75, 3.05) is 11.4 Å². The number of hydrogen-bond acceptors (Lipinski definition) is 6. The molecule has 1 aromatic carbocycles. The second kappa shape index (κ2) is 6.42. The minimum absolute atomic E-state index is 0.131. The number of anilines is 1. The summed E-state index contributed by atoms with van der Waals surface area (Å²) in [4.78, 5) is 24.7. The fraction of sp³-hybridized carbons (Fsp3) is 0.167. The number of carbonyl (C=O) groups is 1. The number of rotatable bonds is 4. The van der Waals surface area contributed by atoms with Gasteiger partial charge in [0.1, 0.15) is 5.69 Å². The maximum absolute atomic E-state index is 13.1. The standard InChI is InChI=1S/C18H15N3O2S2/c1-3-21(18-19-12-7-4-5-9-14(12)25-18)17(22)15-11(2)24-16(20-15)13-8-6-10-23-13/h4-10H,3H2,1-2H3. The second-order valence-corrected chi connectivity index (χ2v) is 7.63. The van der Waals surface area contributed by atoms with Crippen LogP contribution in [0.4, 0.5) is 5.13 Å².